The van der Waals surface area contributed by atoms with Gasteiger partial charge in [0.15, 0.2) is 0 Å². The van der Waals surface area contributed by atoms with E-state index < -0.39 is 0 Å². The van der Waals surface area contributed by atoms with Gasteiger partial charge in [-0.15, -0.1) is 0 Å². The first kappa shape index (κ1) is 12.5. The molecule has 0 aliphatic rings. The van der Waals surface area contributed by atoms with E-state index in [1.54, 1.807) is 12.1 Å². The van der Waals surface area contributed by atoms with Gasteiger partial charge in [0.1, 0.15) is 0 Å². The van der Waals surface area contributed by atoms with Crippen LogP contribution in [0, 0.1) is 11.8 Å². The standard InChI is InChI=1S/C14H7BrCl2/c15-13-8-11(16)9-14(17)12(13)7-6-10-4-2-1-3-5-10/h1-5,8-9H. The van der Waals surface area contributed by atoms with Crippen molar-refractivity contribution in [3.05, 3.63) is 68.1 Å². The third kappa shape index (κ3) is 3.26. The Morgan fingerprint density at radius 3 is 2.29 bits per heavy atom. The predicted octanol–water partition coefficient (Wildman–Crippen LogP) is 5.16. The first-order valence-electron chi connectivity index (χ1n) is 4.88. The summed E-state index contributed by atoms with van der Waals surface area (Å²) in [5.74, 6) is 6.09. The Morgan fingerprint density at radius 1 is 0.941 bits per heavy atom. The molecule has 2 aromatic carbocycles. The van der Waals surface area contributed by atoms with Gasteiger partial charge in [0.2, 0.25) is 0 Å². The SMILES string of the molecule is Clc1cc(Cl)c(C#Cc2ccccc2)c(Br)c1. The summed E-state index contributed by atoms with van der Waals surface area (Å²) in [4.78, 5) is 0. The molecule has 0 aliphatic heterocycles. The van der Waals surface area contributed by atoms with Crippen LogP contribution in [0.3, 0.4) is 0 Å². The van der Waals surface area contributed by atoms with Crippen molar-refractivity contribution < 1.29 is 0 Å². The average molecular weight is 326 g/mol. The van der Waals surface area contributed by atoms with Crippen molar-refractivity contribution in [3.8, 4) is 11.8 Å². The number of halogens is 3. The van der Waals surface area contributed by atoms with Crippen LogP contribution in [0.25, 0.3) is 0 Å². The van der Waals surface area contributed by atoms with Crippen molar-refractivity contribution in [2.75, 3.05) is 0 Å². The van der Waals surface area contributed by atoms with E-state index in [1.165, 1.54) is 0 Å². The summed E-state index contributed by atoms with van der Waals surface area (Å²) in [6.45, 7) is 0. The molecular weight excluding hydrogens is 319 g/mol. The first-order chi connectivity index (χ1) is 8.16. The molecule has 0 aliphatic carbocycles. The molecule has 3 heteroatoms. The zero-order chi connectivity index (χ0) is 12.3. The Labute approximate surface area is 119 Å². The zero-order valence-electron chi connectivity index (χ0n) is 8.68. The molecule has 0 spiro atoms. The summed E-state index contributed by atoms with van der Waals surface area (Å²) in [5, 5.41) is 1.14. The monoisotopic (exact) mass is 324 g/mol. The molecule has 17 heavy (non-hydrogen) atoms. The second-order valence-corrected chi connectivity index (χ2v) is 5.06. The minimum Gasteiger partial charge on any atom is -0.0842 e. The normalized spacial score (nSPS) is 9.59. The molecule has 0 saturated carbocycles. The van der Waals surface area contributed by atoms with E-state index in [1.807, 2.05) is 30.3 Å². The van der Waals surface area contributed by atoms with E-state index in [-0.39, 0.29) is 0 Å². The Bertz CT molecular complexity index is 572. The number of hydrogen-bond acceptors (Lipinski definition) is 0. The molecule has 0 radical (unpaired) electrons. The van der Waals surface area contributed by atoms with E-state index in [2.05, 4.69) is 27.8 Å². The fraction of sp³-hybridized carbons (Fsp3) is 0. The maximum atomic E-state index is 6.08. The van der Waals surface area contributed by atoms with Gasteiger partial charge in [-0.1, -0.05) is 53.2 Å². The summed E-state index contributed by atoms with van der Waals surface area (Å²) >= 11 is 15.4. The zero-order valence-corrected chi connectivity index (χ0v) is 11.8. The second kappa shape index (κ2) is 5.60. The number of rotatable bonds is 0. The maximum absolute atomic E-state index is 6.08. The fourth-order valence-electron chi connectivity index (χ4n) is 1.32. The predicted molar refractivity (Wildman–Crippen MR) is 76.6 cm³/mol. The quantitative estimate of drug-likeness (QED) is 0.587. The van der Waals surface area contributed by atoms with Gasteiger partial charge in [-0.2, -0.15) is 0 Å². The van der Waals surface area contributed by atoms with E-state index >= 15 is 0 Å². The molecule has 0 heterocycles. The third-order valence-corrected chi connectivity index (χ3v) is 3.25. The highest BCUT2D eigenvalue weighted by Crippen LogP contribution is 2.28. The summed E-state index contributed by atoms with van der Waals surface area (Å²) in [5.41, 5.74) is 1.70. The van der Waals surface area contributed by atoms with E-state index in [0.717, 1.165) is 15.6 Å². The minimum absolute atomic E-state index is 0.549. The lowest BCUT2D eigenvalue weighted by Crippen LogP contribution is -1.81. The van der Waals surface area contributed by atoms with Crippen molar-refractivity contribution in [1.82, 2.24) is 0 Å². The molecule has 0 bridgehead atoms. The van der Waals surface area contributed by atoms with Crippen LogP contribution in [0.5, 0.6) is 0 Å². The molecule has 84 valence electrons. The maximum Gasteiger partial charge on any atom is 0.0588 e. The molecule has 0 N–H and O–H groups in total. The Morgan fingerprint density at radius 2 is 1.65 bits per heavy atom. The third-order valence-electron chi connectivity index (χ3n) is 2.11. The van der Waals surface area contributed by atoms with Gasteiger partial charge in [-0.05, 0) is 40.2 Å². The molecule has 0 atom stereocenters. The van der Waals surface area contributed by atoms with Crippen LogP contribution in [-0.2, 0) is 0 Å². The Balaban J connectivity index is 2.41. The second-order valence-electron chi connectivity index (χ2n) is 3.36. The van der Waals surface area contributed by atoms with Crippen LogP contribution in [0.15, 0.2) is 46.9 Å². The average Bonchev–Trinajstić information content (AvgIpc) is 2.29. The summed E-state index contributed by atoms with van der Waals surface area (Å²) in [7, 11) is 0. The molecule has 0 aromatic heterocycles. The van der Waals surface area contributed by atoms with Crippen LogP contribution in [-0.4, -0.2) is 0 Å². The van der Waals surface area contributed by atoms with Gasteiger partial charge >= 0.3 is 0 Å². The van der Waals surface area contributed by atoms with E-state index in [4.69, 9.17) is 23.2 Å². The lowest BCUT2D eigenvalue weighted by molar-refractivity contribution is 1.58. The molecule has 2 rings (SSSR count). The summed E-state index contributed by atoms with van der Waals surface area (Å²) < 4.78 is 0.804. The first-order valence-corrected chi connectivity index (χ1v) is 6.43. The molecule has 0 fully saturated rings. The smallest absolute Gasteiger partial charge is 0.0588 e. The molecule has 0 nitrogen and oxygen atoms in total. The number of benzene rings is 2. The summed E-state index contributed by atoms with van der Waals surface area (Å²) in [6, 6.07) is 13.2. The van der Waals surface area contributed by atoms with Gasteiger partial charge in [0.05, 0.1) is 10.6 Å². The van der Waals surface area contributed by atoms with Crippen molar-refractivity contribution in [3.63, 3.8) is 0 Å². The van der Waals surface area contributed by atoms with Gasteiger partial charge < -0.3 is 0 Å². The highest BCUT2D eigenvalue weighted by Gasteiger charge is 2.04. The lowest BCUT2D eigenvalue weighted by Gasteiger charge is -2.00. The molecule has 0 saturated heterocycles. The largest absolute Gasteiger partial charge is 0.0842 e. The van der Waals surface area contributed by atoms with E-state index in [9.17, 15) is 0 Å². The van der Waals surface area contributed by atoms with Crippen LogP contribution in [0.4, 0.5) is 0 Å². The molecule has 2 aromatic rings. The van der Waals surface area contributed by atoms with E-state index in [0.29, 0.717) is 10.0 Å². The van der Waals surface area contributed by atoms with Crippen molar-refractivity contribution in [2.45, 2.75) is 0 Å². The van der Waals surface area contributed by atoms with Gasteiger partial charge in [0, 0.05) is 15.1 Å². The van der Waals surface area contributed by atoms with Crippen LogP contribution < -0.4 is 0 Å². The van der Waals surface area contributed by atoms with Gasteiger partial charge in [-0.3, -0.25) is 0 Å². The van der Waals surface area contributed by atoms with Crippen LogP contribution >= 0.6 is 39.1 Å². The van der Waals surface area contributed by atoms with Gasteiger partial charge in [-0.25, -0.2) is 0 Å². The minimum atomic E-state index is 0.549. The van der Waals surface area contributed by atoms with Crippen molar-refractivity contribution in [1.29, 1.82) is 0 Å². The van der Waals surface area contributed by atoms with Crippen LogP contribution in [0.1, 0.15) is 11.1 Å². The molecule has 0 amide bonds. The van der Waals surface area contributed by atoms with Crippen LogP contribution in [0.2, 0.25) is 10.0 Å². The highest BCUT2D eigenvalue weighted by molar-refractivity contribution is 9.10. The number of hydrogen-bond donors (Lipinski definition) is 0. The van der Waals surface area contributed by atoms with Crippen molar-refractivity contribution in [2.24, 2.45) is 0 Å². The Hall–Kier alpha value is -0.940. The Kier molecular flexibility index (Phi) is 4.12. The lowest BCUT2D eigenvalue weighted by atomic mass is 10.2. The fourth-order valence-corrected chi connectivity index (χ4v) is 2.66. The van der Waals surface area contributed by atoms with Gasteiger partial charge in [0.25, 0.3) is 0 Å². The highest BCUT2D eigenvalue weighted by atomic mass is 79.9. The van der Waals surface area contributed by atoms with Crippen molar-refractivity contribution >= 4 is 39.1 Å². The molecular formula is C14H7BrCl2. The summed E-state index contributed by atoms with van der Waals surface area (Å²) in [6.07, 6.45) is 0. The topological polar surface area (TPSA) is 0 Å². The molecule has 0 unspecified atom stereocenters.